The number of carbonyl (C=O) groups is 1. The van der Waals surface area contributed by atoms with Crippen LogP contribution in [0.15, 0.2) is 23.1 Å². The predicted octanol–water partition coefficient (Wildman–Crippen LogP) is 3.06. The fraction of sp³-hybridized carbons (Fsp3) is 0.708. The number of rotatable bonds is 8. The SMILES string of the molecule is CC(C)C[C@@H](CN(C)C)NC(=O)C1CCN(S(=O)(=O)c2ccc3c(c2)CCCC3)CC1. The van der Waals surface area contributed by atoms with Crippen LogP contribution < -0.4 is 5.32 Å². The van der Waals surface area contributed by atoms with E-state index in [1.807, 2.05) is 26.2 Å². The van der Waals surface area contributed by atoms with Crippen LogP contribution in [0, 0.1) is 11.8 Å². The number of amides is 1. The maximum Gasteiger partial charge on any atom is 0.243 e. The topological polar surface area (TPSA) is 69.7 Å². The smallest absolute Gasteiger partial charge is 0.243 e. The Morgan fingerprint density at radius 1 is 1.13 bits per heavy atom. The second kappa shape index (κ2) is 10.5. The van der Waals surface area contributed by atoms with Gasteiger partial charge in [0.25, 0.3) is 0 Å². The van der Waals surface area contributed by atoms with Gasteiger partial charge in [-0.2, -0.15) is 4.31 Å². The molecule has 2 aliphatic rings. The fourth-order valence-electron chi connectivity index (χ4n) is 4.89. The number of nitrogens with one attached hydrogen (secondary N) is 1. The summed E-state index contributed by atoms with van der Waals surface area (Å²) < 4.78 is 27.9. The van der Waals surface area contributed by atoms with Crippen molar-refractivity contribution >= 4 is 15.9 Å². The van der Waals surface area contributed by atoms with Crippen molar-refractivity contribution in [2.75, 3.05) is 33.7 Å². The predicted molar refractivity (Wildman–Crippen MR) is 125 cm³/mol. The van der Waals surface area contributed by atoms with Crippen LogP contribution in [0.1, 0.15) is 57.1 Å². The van der Waals surface area contributed by atoms with Crippen LogP contribution in [0.3, 0.4) is 0 Å². The lowest BCUT2D eigenvalue weighted by Crippen LogP contribution is -2.48. The molecule has 0 saturated carbocycles. The average Bonchev–Trinajstić information content (AvgIpc) is 2.72. The van der Waals surface area contributed by atoms with Gasteiger partial charge >= 0.3 is 0 Å². The first-order valence-electron chi connectivity index (χ1n) is 11.7. The second-order valence-electron chi connectivity index (χ2n) is 9.91. The first kappa shape index (κ1) is 24.2. The third kappa shape index (κ3) is 6.30. The normalized spacial score (nSPS) is 19.4. The Bertz CT molecular complexity index is 849. The quantitative estimate of drug-likeness (QED) is 0.662. The Morgan fingerprint density at radius 3 is 2.39 bits per heavy atom. The van der Waals surface area contributed by atoms with Crippen molar-refractivity contribution < 1.29 is 13.2 Å². The molecule has 1 atom stereocenters. The van der Waals surface area contributed by atoms with Gasteiger partial charge in [-0.1, -0.05) is 19.9 Å². The van der Waals surface area contributed by atoms with Crippen LogP contribution in [0.25, 0.3) is 0 Å². The Kier molecular flexibility index (Phi) is 8.16. The number of sulfonamides is 1. The van der Waals surface area contributed by atoms with Crippen molar-refractivity contribution in [1.82, 2.24) is 14.5 Å². The molecule has 1 aliphatic carbocycles. The maximum atomic E-state index is 13.2. The minimum atomic E-state index is -3.50. The molecule has 0 unspecified atom stereocenters. The van der Waals surface area contributed by atoms with Gasteiger partial charge in [-0.3, -0.25) is 4.79 Å². The Labute approximate surface area is 188 Å². The molecule has 174 valence electrons. The summed E-state index contributed by atoms with van der Waals surface area (Å²) >= 11 is 0. The molecule has 31 heavy (non-hydrogen) atoms. The van der Waals surface area contributed by atoms with Gasteiger partial charge in [0.1, 0.15) is 0 Å². The first-order chi connectivity index (χ1) is 14.7. The zero-order chi connectivity index (χ0) is 22.6. The van der Waals surface area contributed by atoms with Gasteiger partial charge in [0.15, 0.2) is 0 Å². The number of aryl methyl sites for hydroxylation is 2. The van der Waals surface area contributed by atoms with Crippen molar-refractivity contribution in [3.05, 3.63) is 29.3 Å². The lowest BCUT2D eigenvalue weighted by atomic mass is 9.92. The average molecular weight is 450 g/mol. The molecule has 3 rings (SSSR count). The summed E-state index contributed by atoms with van der Waals surface area (Å²) in [4.78, 5) is 15.4. The summed E-state index contributed by atoms with van der Waals surface area (Å²) in [5.74, 6) is 0.457. The number of benzene rings is 1. The van der Waals surface area contributed by atoms with Crippen LogP contribution in [0.4, 0.5) is 0 Å². The number of fused-ring (bicyclic) bond motifs is 1. The summed E-state index contributed by atoms with van der Waals surface area (Å²) in [6.07, 6.45) is 6.41. The standard InChI is InChI=1S/C24H39N3O3S/c1-18(2)15-22(17-26(3)4)25-24(28)20-11-13-27(14-12-20)31(29,30)23-10-9-19-7-5-6-8-21(19)16-23/h9-10,16,18,20,22H,5-8,11-15,17H2,1-4H3,(H,25,28)/t22-/m0/s1. The largest absolute Gasteiger partial charge is 0.352 e. The van der Waals surface area contributed by atoms with Gasteiger partial charge in [-0.15, -0.1) is 0 Å². The highest BCUT2D eigenvalue weighted by Gasteiger charge is 2.33. The zero-order valence-corrected chi connectivity index (χ0v) is 20.4. The van der Waals surface area contributed by atoms with Gasteiger partial charge in [-0.25, -0.2) is 8.42 Å². The molecular formula is C24H39N3O3S. The van der Waals surface area contributed by atoms with Gasteiger partial charge < -0.3 is 10.2 Å². The summed E-state index contributed by atoms with van der Waals surface area (Å²) in [6, 6.07) is 5.75. The van der Waals surface area contributed by atoms with Gasteiger partial charge in [0, 0.05) is 31.6 Å². The van der Waals surface area contributed by atoms with E-state index in [1.54, 1.807) is 10.4 Å². The van der Waals surface area contributed by atoms with E-state index in [-0.39, 0.29) is 17.9 Å². The van der Waals surface area contributed by atoms with Crippen LogP contribution in [-0.2, 0) is 27.7 Å². The highest BCUT2D eigenvalue weighted by molar-refractivity contribution is 7.89. The second-order valence-corrected chi connectivity index (χ2v) is 11.9. The van der Waals surface area contributed by atoms with Crippen molar-refractivity contribution in [2.45, 2.75) is 69.7 Å². The molecule has 0 radical (unpaired) electrons. The van der Waals surface area contributed by atoms with Gasteiger partial charge in [0.2, 0.25) is 15.9 Å². The van der Waals surface area contributed by atoms with E-state index in [1.165, 1.54) is 17.5 Å². The number of likely N-dealkylation sites (N-methyl/N-ethyl adjacent to an activating group) is 1. The molecule has 1 N–H and O–H groups in total. The number of carbonyl (C=O) groups excluding carboxylic acids is 1. The molecule has 0 spiro atoms. The molecule has 1 heterocycles. The van der Waals surface area contributed by atoms with Crippen LogP contribution in [0.2, 0.25) is 0 Å². The molecule has 7 heteroatoms. The highest BCUT2D eigenvalue weighted by Crippen LogP contribution is 2.28. The molecule has 1 aliphatic heterocycles. The number of piperidine rings is 1. The maximum absolute atomic E-state index is 13.2. The van der Waals surface area contributed by atoms with Gasteiger partial charge in [-0.05, 0) is 88.2 Å². The third-order valence-corrected chi connectivity index (χ3v) is 8.36. The van der Waals surface area contributed by atoms with E-state index in [4.69, 9.17) is 0 Å². The van der Waals surface area contributed by atoms with E-state index in [0.717, 1.165) is 32.2 Å². The van der Waals surface area contributed by atoms with E-state index >= 15 is 0 Å². The highest BCUT2D eigenvalue weighted by atomic mass is 32.2. The van der Waals surface area contributed by atoms with Crippen molar-refractivity contribution in [2.24, 2.45) is 11.8 Å². The fourth-order valence-corrected chi connectivity index (χ4v) is 6.41. The summed E-state index contributed by atoms with van der Waals surface area (Å²) in [7, 11) is 0.530. The molecule has 1 aromatic rings. The minimum Gasteiger partial charge on any atom is -0.352 e. The van der Waals surface area contributed by atoms with E-state index in [9.17, 15) is 13.2 Å². The Morgan fingerprint density at radius 2 is 1.77 bits per heavy atom. The van der Waals surface area contributed by atoms with Crippen LogP contribution in [-0.4, -0.2) is 63.3 Å². The van der Waals surface area contributed by atoms with E-state index in [2.05, 4.69) is 24.1 Å². The molecule has 1 aromatic carbocycles. The monoisotopic (exact) mass is 449 g/mol. The number of nitrogens with zero attached hydrogens (tertiary/aromatic N) is 2. The summed E-state index contributed by atoms with van der Waals surface area (Å²) in [5, 5.41) is 3.22. The van der Waals surface area contributed by atoms with E-state index < -0.39 is 10.0 Å². The molecule has 1 fully saturated rings. The number of hydrogen-bond donors (Lipinski definition) is 1. The van der Waals surface area contributed by atoms with Gasteiger partial charge in [0.05, 0.1) is 4.90 Å². The lowest BCUT2D eigenvalue weighted by Gasteiger charge is -2.32. The summed E-state index contributed by atoms with van der Waals surface area (Å²) in [6.45, 7) is 5.95. The Balaban J connectivity index is 1.59. The lowest BCUT2D eigenvalue weighted by molar-refractivity contribution is -0.127. The molecule has 6 nitrogen and oxygen atoms in total. The summed E-state index contributed by atoms with van der Waals surface area (Å²) in [5.41, 5.74) is 2.47. The molecule has 1 amide bonds. The minimum absolute atomic E-state index is 0.0679. The first-order valence-corrected chi connectivity index (χ1v) is 13.2. The molecule has 1 saturated heterocycles. The third-order valence-electron chi connectivity index (χ3n) is 6.47. The molecule has 0 bridgehead atoms. The molecule has 0 aromatic heterocycles. The number of hydrogen-bond acceptors (Lipinski definition) is 4. The van der Waals surface area contributed by atoms with Crippen molar-refractivity contribution in [3.63, 3.8) is 0 Å². The van der Waals surface area contributed by atoms with Crippen LogP contribution >= 0.6 is 0 Å². The Hall–Kier alpha value is -1.44. The zero-order valence-electron chi connectivity index (χ0n) is 19.6. The van der Waals surface area contributed by atoms with Crippen LogP contribution in [0.5, 0.6) is 0 Å². The van der Waals surface area contributed by atoms with E-state index in [0.29, 0.717) is 36.7 Å². The molecular weight excluding hydrogens is 410 g/mol. The van der Waals surface area contributed by atoms with Crippen molar-refractivity contribution in [1.29, 1.82) is 0 Å². The van der Waals surface area contributed by atoms with Crippen molar-refractivity contribution in [3.8, 4) is 0 Å².